The van der Waals surface area contributed by atoms with Gasteiger partial charge in [-0.3, -0.25) is 4.79 Å². The standard InChI is InChI=1S/C11H10N4O/c1-6-3-4-7-8-5-12-14-11(16)9(8)15(2)10(7)13-6/h3-5H,1-2H3,(H,14,16). The van der Waals surface area contributed by atoms with Crippen LogP contribution in [0.3, 0.4) is 0 Å². The van der Waals surface area contributed by atoms with Crippen molar-refractivity contribution < 1.29 is 0 Å². The predicted octanol–water partition coefficient (Wildman–Crippen LogP) is 1.12. The summed E-state index contributed by atoms with van der Waals surface area (Å²) in [5.74, 6) is 0. The molecule has 0 saturated heterocycles. The molecule has 0 spiro atoms. The third-order valence-electron chi connectivity index (χ3n) is 2.79. The van der Waals surface area contributed by atoms with E-state index in [1.54, 1.807) is 10.8 Å². The van der Waals surface area contributed by atoms with Gasteiger partial charge in [-0.15, -0.1) is 0 Å². The molecule has 5 heteroatoms. The van der Waals surface area contributed by atoms with E-state index in [9.17, 15) is 4.79 Å². The Bertz CT molecular complexity index is 754. The number of hydrogen-bond donors (Lipinski definition) is 1. The van der Waals surface area contributed by atoms with Crippen molar-refractivity contribution in [3.63, 3.8) is 0 Å². The fraction of sp³-hybridized carbons (Fsp3) is 0.182. The maximum Gasteiger partial charge on any atom is 0.288 e. The maximum atomic E-state index is 11.7. The molecule has 0 aliphatic rings. The van der Waals surface area contributed by atoms with Gasteiger partial charge in [-0.1, -0.05) is 0 Å². The van der Waals surface area contributed by atoms with E-state index >= 15 is 0 Å². The van der Waals surface area contributed by atoms with Crippen molar-refractivity contribution in [1.29, 1.82) is 0 Å². The summed E-state index contributed by atoms with van der Waals surface area (Å²) in [5, 5.41) is 8.06. The van der Waals surface area contributed by atoms with Gasteiger partial charge < -0.3 is 4.57 Å². The molecule has 0 atom stereocenters. The van der Waals surface area contributed by atoms with E-state index in [1.807, 2.05) is 26.1 Å². The van der Waals surface area contributed by atoms with Gasteiger partial charge in [0, 0.05) is 23.5 Å². The molecule has 0 radical (unpaired) electrons. The minimum atomic E-state index is -0.185. The van der Waals surface area contributed by atoms with Crippen LogP contribution in [0.25, 0.3) is 21.9 Å². The monoisotopic (exact) mass is 214 g/mol. The number of hydrogen-bond acceptors (Lipinski definition) is 3. The fourth-order valence-corrected chi connectivity index (χ4v) is 2.04. The average molecular weight is 214 g/mol. The summed E-state index contributed by atoms with van der Waals surface area (Å²) in [6.07, 6.45) is 1.66. The second-order valence-corrected chi connectivity index (χ2v) is 3.84. The maximum absolute atomic E-state index is 11.7. The van der Waals surface area contributed by atoms with Crippen LogP contribution in [-0.4, -0.2) is 19.7 Å². The zero-order chi connectivity index (χ0) is 11.3. The summed E-state index contributed by atoms with van der Waals surface area (Å²) in [6, 6.07) is 3.91. The van der Waals surface area contributed by atoms with Gasteiger partial charge in [0.2, 0.25) is 0 Å². The molecular weight excluding hydrogens is 204 g/mol. The van der Waals surface area contributed by atoms with Gasteiger partial charge in [0.05, 0.1) is 6.20 Å². The van der Waals surface area contributed by atoms with Crippen molar-refractivity contribution in [2.45, 2.75) is 6.92 Å². The van der Waals surface area contributed by atoms with Crippen LogP contribution in [-0.2, 0) is 7.05 Å². The number of aromatic nitrogens is 4. The number of nitrogens with one attached hydrogen (secondary N) is 1. The Morgan fingerprint density at radius 3 is 2.94 bits per heavy atom. The molecular formula is C11H10N4O. The van der Waals surface area contributed by atoms with Gasteiger partial charge in [0.25, 0.3) is 5.56 Å². The summed E-state index contributed by atoms with van der Waals surface area (Å²) in [5.41, 5.74) is 2.18. The summed E-state index contributed by atoms with van der Waals surface area (Å²) in [7, 11) is 1.84. The second kappa shape index (κ2) is 2.91. The first-order valence-electron chi connectivity index (χ1n) is 4.98. The highest BCUT2D eigenvalue weighted by Gasteiger charge is 2.11. The highest BCUT2D eigenvalue weighted by Crippen LogP contribution is 2.23. The Hall–Kier alpha value is -2.17. The van der Waals surface area contributed by atoms with Crippen LogP contribution in [0.1, 0.15) is 5.69 Å². The highest BCUT2D eigenvalue weighted by atomic mass is 16.1. The summed E-state index contributed by atoms with van der Waals surface area (Å²) < 4.78 is 1.80. The molecule has 0 aromatic carbocycles. The SMILES string of the molecule is Cc1ccc2c3cn[nH]c(=O)c3n(C)c2n1. The number of aryl methyl sites for hydroxylation is 2. The van der Waals surface area contributed by atoms with Crippen LogP contribution < -0.4 is 5.56 Å². The van der Waals surface area contributed by atoms with Crippen molar-refractivity contribution in [1.82, 2.24) is 19.7 Å². The van der Waals surface area contributed by atoms with E-state index in [-0.39, 0.29) is 5.56 Å². The quantitative estimate of drug-likeness (QED) is 0.610. The van der Waals surface area contributed by atoms with Crippen molar-refractivity contribution in [3.05, 3.63) is 34.4 Å². The van der Waals surface area contributed by atoms with Gasteiger partial charge in [-0.2, -0.15) is 5.10 Å². The topological polar surface area (TPSA) is 63.6 Å². The van der Waals surface area contributed by atoms with E-state index in [0.29, 0.717) is 5.52 Å². The molecule has 80 valence electrons. The van der Waals surface area contributed by atoms with Crippen LogP contribution >= 0.6 is 0 Å². The van der Waals surface area contributed by atoms with Crippen molar-refractivity contribution >= 4 is 21.9 Å². The normalized spacial score (nSPS) is 11.4. The predicted molar refractivity (Wildman–Crippen MR) is 61.4 cm³/mol. The first-order valence-corrected chi connectivity index (χ1v) is 4.98. The van der Waals surface area contributed by atoms with Gasteiger partial charge in [0.15, 0.2) is 0 Å². The Kier molecular flexibility index (Phi) is 1.65. The Morgan fingerprint density at radius 1 is 1.31 bits per heavy atom. The number of pyridine rings is 1. The number of aromatic amines is 1. The number of fused-ring (bicyclic) bond motifs is 3. The molecule has 0 aliphatic heterocycles. The van der Waals surface area contributed by atoms with Gasteiger partial charge in [-0.25, -0.2) is 10.1 Å². The van der Waals surface area contributed by atoms with Crippen LogP contribution in [0.5, 0.6) is 0 Å². The smallest absolute Gasteiger partial charge is 0.288 e. The number of H-pyrrole nitrogens is 1. The molecule has 0 bridgehead atoms. The molecule has 3 aromatic rings. The first-order chi connectivity index (χ1) is 7.68. The molecule has 0 aliphatic carbocycles. The molecule has 0 unspecified atom stereocenters. The number of nitrogens with zero attached hydrogens (tertiary/aromatic N) is 3. The van der Waals surface area contributed by atoms with E-state index in [4.69, 9.17) is 0 Å². The molecule has 3 rings (SSSR count). The van der Waals surface area contributed by atoms with E-state index in [2.05, 4.69) is 15.2 Å². The Balaban J connectivity index is 2.70. The van der Waals surface area contributed by atoms with Crippen LogP contribution in [0.4, 0.5) is 0 Å². The lowest BCUT2D eigenvalue weighted by Crippen LogP contribution is -2.10. The summed E-state index contributed by atoms with van der Waals surface area (Å²) in [4.78, 5) is 16.1. The summed E-state index contributed by atoms with van der Waals surface area (Å²) >= 11 is 0. The largest absolute Gasteiger partial charge is 0.324 e. The van der Waals surface area contributed by atoms with Crippen molar-refractivity contribution in [2.24, 2.45) is 7.05 Å². The van der Waals surface area contributed by atoms with Crippen LogP contribution in [0.2, 0.25) is 0 Å². The zero-order valence-electron chi connectivity index (χ0n) is 8.98. The Morgan fingerprint density at radius 2 is 2.12 bits per heavy atom. The molecule has 0 amide bonds. The third-order valence-corrected chi connectivity index (χ3v) is 2.79. The van der Waals surface area contributed by atoms with Crippen LogP contribution in [0.15, 0.2) is 23.1 Å². The van der Waals surface area contributed by atoms with Crippen LogP contribution in [0, 0.1) is 6.92 Å². The minimum Gasteiger partial charge on any atom is -0.324 e. The van der Waals surface area contributed by atoms with E-state index < -0.39 is 0 Å². The summed E-state index contributed by atoms with van der Waals surface area (Å²) in [6.45, 7) is 1.93. The Labute approximate surface area is 90.7 Å². The van der Waals surface area contributed by atoms with Crippen molar-refractivity contribution in [2.75, 3.05) is 0 Å². The first kappa shape index (κ1) is 9.08. The molecule has 16 heavy (non-hydrogen) atoms. The van der Waals surface area contributed by atoms with Gasteiger partial charge >= 0.3 is 0 Å². The molecule has 5 nitrogen and oxygen atoms in total. The van der Waals surface area contributed by atoms with Crippen molar-refractivity contribution in [3.8, 4) is 0 Å². The van der Waals surface area contributed by atoms with E-state index in [1.165, 1.54) is 0 Å². The minimum absolute atomic E-state index is 0.185. The lowest BCUT2D eigenvalue weighted by atomic mass is 10.2. The molecule has 0 fully saturated rings. The third kappa shape index (κ3) is 1.02. The van der Waals surface area contributed by atoms with Gasteiger partial charge in [-0.05, 0) is 19.1 Å². The molecule has 3 aromatic heterocycles. The number of rotatable bonds is 0. The highest BCUT2D eigenvalue weighted by molar-refractivity contribution is 6.05. The molecule has 3 heterocycles. The molecule has 1 N–H and O–H groups in total. The second-order valence-electron chi connectivity index (χ2n) is 3.84. The zero-order valence-corrected chi connectivity index (χ0v) is 8.98. The fourth-order valence-electron chi connectivity index (χ4n) is 2.04. The lowest BCUT2D eigenvalue weighted by molar-refractivity contribution is 0.944. The average Bonchev–Trinajstić information content (AvgIpc) is 2.54. The van der Waals surface area contributed by atoms with Gasteiger partial charge in [0.1, 0.15) is 11.2 Å². The molecule has 0 saturated carbocycles. The lowest BCUT2D eigenvalue weighted by Gasteiger charge is -1.96. The van der Waals surface area contributed by atoms with E-state index in [0.717, 1.165) is 22.1 Å².